The summed E-state index contributed by atoms with van der Waals surface area (Å²) in [6, 6.07) is 0. The Kier molecular flexibility index (Phi) is 5.22. The standard InChI is InChI=1S/C8H14N2O/c1-3-5-6-10(4-2)7-8(9)11/h1H,4-7H2,2H3,(H2,9,11). The zero-order chi connectivity index (χ0) is 8.69. The van der Waals surface area contributed by atoms with Gasteiger partial charge in [0.1, 0.15) is 0 Å². The third kappa shape index (κ3) is 5.43. The van der Waals surface area contributed by atoms with E-state index in [9.17, 15) is 4.79 Å². The molecule has 0 saturated heterocycles. The normalized spacial score (nSPS) is 9.55. The Bertz CT molecular complexity index is 160. The number of carbonyl (C=O) groups excluding carboxylic acids is 1. The third-order valence-electron chi connectivity index (χ3n) is 1.40. The van der Waals surface area contributed by atoms with Crippen molar-refractivity contribution in [3.63, 3.8) is 0 Å². The second-order valence-corrected chi connectivity index (χ2v) is 2.29. The molecular weight excluding hydrogens is 140 g/mol. The summed E-state index contributed by atoms with van der Waals surface area (Å²) in [5, 5.41) is 0. The number of carbonyl (C=O) groups is 1. The van der Waals surface area contributed by atoms with Crippen molar-refractivity contribution in [3.8, 4) is 12.3 Å². The molecule has 0 aliphatic heterocycles. The van der Waals surface area contributed by atoms with Crippen molar-refractivity contribution in [2.24, 2.45) is 5.73 Å². The minimum atomic E-state index is -0.302. The third-order valence-corrected chi connectivity index (χ3v) is 1.40. The van der Waals surface area contributed by atoms with Crippen LogP contribution in [-0.4, -0.2) is 30.4 Å². The maximum Gasteiger partial charge on any atom is 0.231 e. The zero-order valence-corrected chi connectivity index (χ0v) is 6.84. The van der Waals surface area contributed by atoms with Gasteiger partial charge in [0.2, 0.25) is 5.91 Å². The van der Waals surface area contributed by atoms with Crippen molar-refractivity contribution in [2.45, 2.75) is 13.3 Å². The molecule has 0 aromatic carbocycles. The number of hydrogen-bond acceptors (Lipinski definition) is 2. The van der Waals surface area contributed by atoms with Crippen LogP contribution in [0.4, 0.5) is 0 Å². The molecule has 0 fully saturated rings. The monoisotopic (exact) mass is 154 g/mol. The maximum absolute atomic E-state index is 10.5. The van der Waals surface area contributed by atoms with Gasteiger partial charge in [-0.15, -0.1) is 12.3 Å². The molecule has 0 aromatic rings. The fourth-order valence-corrected chi connectivity index (χ4v) is 0.792. The Labute approximate surface area is 67.6 Å². The number of likely N-dealkylation sites (N-methyl/N-ethyl adjacent to an activating group) is 1. The number of hydrogen-bond donors (Lipinski definition) is 1. The van der Waals surface area contributed by atoms with Gasteiger partial charge < -0.3 is 5.73 Å². The topological polar surface area (TPSA) is 46.3 Å². The van der Waals surface area contributed by atoms with E-state index < -0.39 is 0 Å². The number of primary amides is 1. The summed E-state index contributed by atoms with van der Waals surface area (Å²) in [5.74, 6) is 2.21. The molecule has 3 heteroatoms. The SMILES string of the molecule is C#CCCN(CC)CC(N)=O. The van der Waals surface area contributed by atoms with Crippen molar-refractivity contribution in [1.29, 1.82) is 0 Å². The molecule has 11 heavy (non-hydrogen) atoms. The number of terminal acetylenes is 1. The van der Waals surface area contributed by atoms with Gasteiger partial charge in [-0.2, -0.15) is 0 Å². The predicted molar refractivity (Wildman–Crippen MR) is 44.8 cm³/mol. The molecule has 0 aromatic heterocycles. The Morgan fingerprint density at radius 2 is 2.36 bits per heavy atom. The van der Waals surface area contributed by atoms with Crippen LogP contribution in [0.3, 0.4) is 0 Å². The van der Waals surface area contributed by atoms with E-state index in [-0.39, 0.29) is 5.91 Å². The minimum Gasteiger partial charge on any atom is -0.369 e. The van der Waals surface area contributed by atoms with Crippen LogP contribution >= 0.6 is 0 Å². The highest BCUT2D eigenvalue weighted by Gasteiger charge is 2.03. The molecule has 0 saturated carbocycles. The number of nitrogens with two attached hydrogens (primary N) is 1. The Morgan fingerprint density at radius 3 is 2.73 bits per heavy atom. The molecule has 0 spiro atoms. The summed E-state index contributed by atoms with van der Waals surface area (Å²) in [4.78, 5) is 12.4. The van der Waals surface area contributed by atoms with E-state index in [1.54, 1.807) is 0 Å². The molecule has 0 radical (unpaired) electrons. The molecule has 0 rings (SSSR count). The average Bonchev–Trinajstić information content (AvgIpc) is 1.97. The molecule has 3 nitrogen and oxygen atoms in total. The quantitative estimate of drug-likeness (QED) is 0.558. The van der Waals surface area contributed by atoms with Gasteiger partial charge in [0.05, 0.1) is 6.54 Å². The lowest BCUT2D eigenvalue weighted by Crippen LogP contribution is -2.34. The lowest BCUT2D eigenvalue weighted by molar-refractivity contribution is -0.119. The van der Waals surface area contributed by atoms with Crippen LogP contribution in [0.15, 0.2) is 0 Å². The highest BCUT2D eigenvalue weighted by atomic mass is 16.1. The van der Waals surface area contributed by atoms with Gasteiger partial charge in [0.25, 0.3) is 0 Å². The van der Waals surface area contributed by atoms with Crippen LogP contribution in [0.5, 0.6) is 0 Å². The Balaban J connectivity index is 3.59. The highest BCUT2D eigenvalue weighted by Crippen LogP contribution is 1.88. The van der Waals surface area contributed by atoms with Crippen LogP contribution in [-0.2, 0) is 4.79 Å². The molecule has 0 aliphatic rings. The van der Waals surface area contributed by atoms with Crippen molar-refractivity contribution in [3.05, 3.63) is 0 Å². The number of nitrogens with zero attached hydrogens (tertiary/aromatic N) is 1. The number of amides is 1. The Hall–Kier alpha value is -1.01. The molecule has 2 N–H and O–H groups in total. The summed E-state index contributed by atoms with van der Waals surface area (Å²) < 4.78 is 0. The van der Waals surface area contributed by atoms with Gasteiger partial charge in [0.15, 0.2) is 0 Å². The van der Waals surface area contributed by atoms with E-state index in [0.717, 1.165) is 13.1 Å². The van der Waals surface area contributed by atoms with Crippen LogP contribution in [0.25, 0.3) is 0 Å². The van der Waals surface area contributed by atoms with Crippen molar-refractivity contribution in [2.75, 3.05) is 19.6 Å². The van der Waals surface area contributed by atoms with Crippen LogP contribution in [0.2, 0.25) is 0 Å². The molecule has 0 bridgehead atoms. The van der Waals surface area contributed by atoms with Gasteiger partial charge in [-0.1, -0.05) is 6.92 Å². The molecule has 0 atom stereocenters. The molecule has 62 valence electrons. The van der Waals surface area contributed by atoms with Crippen molar-refractivity contribution >= 4 is 5.91 Å². The second-order valence-electron chi connectivity index (χ2n) is 2.29. The van der Waals surface area contributed by atoms with E-state index in [1.165, 1.54) is 0 Å². The molecular formula is C8H14N2O. The van der Waals surface area contributed by atoms with Crippen LogP contribution in [0.1, 0.15) is 13.3 Å². The first kappa shape index (κ1) is 9.99. The maximum atomic E-state index is 10.5. The van der Waals surface area contributed by atoms with Gasteiger partial charge in [-0.05, 0) is 6.54 Å². The molecule has 0 heterocycles. The summed E-state index contributed by atoms with van der Waals surface area (Å²) in [6.45, 7) is 3.83. The van der Waals surface area contributed by atoms with Crippen LogP contribution in [0, 0.1) is 12.3 Å². The first-order valence-electron chi connectivity index (χ1n) is 3.64. The van der Waals surface area contributed by atoms with E-state index in [0.29, 0.717) is 13.0 Å². The Morgan fingerprint density at radius 1 is 1.73 bits per heavy atom. The molecule has 0 unspecified atom stereocenters. The average molecular weight is 154 g/mol. The highest BCUT2D eigenvalue weighted by molar-refractivity contribution is 5.75. The van der Waals surface area contributed by atoms with Crippen LogP contribution < -0.4 is 5.73 Å². The first-order chi connectivity index (χ1) is 5.20. The van der Waals surface area contributed by atoms with Crippen molar-refractivity contribution < 1.29 is 4.79 Å². The summed E-state index contributed by atoms with van der Waals surface area (Å²) in [7, 11) is 0. The van der Waals surface area contributed by atoms with Gasteiger partial charge in [0, 0.05) is 13.0 Å². The minimum absolute atomic E-state index is 0.302. The lowest BCUT2D eigenvalue weighted by Gasteiger charge is -2.16. The lowest BCUT2D eigenvalue weighted by atomic mass is 10.4. The van der Waals surface area contributed by atoms with E-state index >= 15 is 0 Å². The largest absolute Gasteiger partial charge is 0.369 e. The summed E-state index contributed by atoms with van der Waals surface area (Å²) in [6.07, 6.45) is 5.74. The molecule has 1 amide bonds. The van der Waals surface area contributed by atoms with E-state index in [2.05, 4.69) is 5.92 Å². The second kappa shape index (κ2) is 5.75. The first-order valence-corrected chi connectivity index (χ1v) is 3.64. The fraction of sp³-hybridized carbons (Fsp3) is 0.625. The summed E-state index contributed by atoms with van der Waals surface area (Å²) >= 11 is 0. The van der Waals surface area contributed by atoms with E-state index in [4.69, 9.17) is 12.2 Å². The summed E-state index contributed by atoms with van der Waals surface area (Å²) in [5.41, 5.74) is 5.01. The van der Waals surface area contributed by atoms with Gasteiger partial charge >= 0.3 is 0 Å². The van der Waals surface area contributed by atoms with E-state index in [1.807, 2.05) is 11.8 Å². The fourth-order valence-electron chi connectivity index (χ4n) is 0.792. The zero-order valence-electron chi connectivity index (χ0n) is 6.84. The van der Waals surface area contributed by atoms with Gasteiger partial charge in [-0.25, -0.2) is 0 Å². The smallest absolute Gasteiger partial charge is 0.231 e. The van der Waals surface area contributed by atoms with Crippen molar-refractivity contribution in [1.82, 2.24) is 4.90 Å². The van der Waals surface area contributed by atoms with Gasteiger partial charge in [-0.3, -0.25) is 9.69 Å². The molecule has 0 aliphatic carbocycles. The number of rotatable bonds is 5. The predicted octanol–water partition coefficient (Wildman–Crippen LogP) is -0.183.